The van der Waals surface area contributed by atoms with E-state index in [1.807, 2.05) is 13.8 Å². The summed E-state index contributed by atoms with van der Waals surface area (Å²) in [6, 6.07) is 5.29. The van der Waals surface area contributed by atoms with Gasteiger partial charge in [0.15, 0.2) is 6.61 Å². The maximum absolute atomic E-state index is 11.6. The van der Waals surface area contributed by atoms with E-state index in [1.165, 1.54) is 13.2 Å². The molecule has 1 aromatic rings. The zero-order valence-electron chi connectivity index (χ0n) is 13.9. The predicted octanol–water partition coefficient (Wildman–Crippen LogP) is 2.17. The van der Waals surface area contributed by atoms with E-state index >= 15 is 0 Å². The van der Waals surface area contributed by atoms with Crippen LogP contribution in [0.15, 0.2) is 24.3 Å². The molecule has 0 bridgehead atoms. The summed E-state index contributed by atoms with van der Waals surface area (Å²) in [4.78, 5) is 23.2. The average Bonchev–Trinajstić information content (AvgIpc) is 2.57. The van der Waals surface area contributed by atoms with Crippen LogP contribution < -0.4 is 14.8 Å². The molecule has 0 spiro atoms. The lowest BCUT2D eigenvalue weighted by atomic mass is 10.2. The van der Waals surface area contributed by atoms with E-state index in [0.717, 1.165) is 6.42 Å². The number of nitrogens with one attached hydrogen (secondary N) is 1. The molecule has 23 heavy (non-hydrogen) atoms. The maximum atomic E-state index is 11.6. The van der Waals surface area contributed by atoms with Gasteiger partial charge in [0.1, 0.15) is 11.5 Å². The Kier molecular flexibility index (Phi) is 7.66. The van der Waals surface area contributed by atoms with E-state index in [4.69, 9.17) is 14.2 Å². The molecule has 1 atom stereocenters. The van der Waals surface area contributed by atoms with Crippen LogP contribution in [0, 0.1) is 0 Å². The van der Waals surface area contributed by atoms with Gasteiger partial charge >= 0.3 is 5.97 Å². The van der Waals surface area contributed by atoms with E-state index < -0.39 is 5.97 Å². The minimum Gasteiger partial charge on any atom is -0.497 e. The quantitative estimate of drug-likeness (QED) is 0.587. The lowest BCUT2D eigenvalue weighted by molar-refractivity contribution is -0.144. The summed E-state index contributed by atoms with van der Waals surface area (Å²) in [5, 5.41) is 2.72. The highest BCUT2D eigenvalue weighted by atomic mass is 16.5. The van der Waals surface area contributed by atoms with Crippen molar-refractivity contribution in [3.63, 3.8) is 0 Å². The zero-order chi connectivity index (χ0) is 17.2. The SMILES string of the molecule is CC[C@H](C)NC(=O)COC(=O)/C=C/c1ccc(OC)cc1OC. The van der Waals surface area contributed by atoms with E-state index in [2.05, 4.69) is 5.32 Å². The van der Waals surface area contributed by atoms with Crippen molar-refractivity contribution in [1.29, 1.82) is 0 Å². The molecule has 6 heteroatoms. The van der Waals surface area contributed by atoms with Crippen LogP contribution in [0.2, 0.25) is 0 Å². The Hall–Kier alpha value is -2.50. The molecular weight excluding hydrogens is 298 g/mol. The molecule has 0 saturated heterocycles. The van der Waals surface area contributed by atoms with E-state index in [9.17, 15) is 9.59 Å². The number of carbonyl (C=O) groups is 2. The molecule has 126 valence electrons. The van der Waals surface area contributed by atoms with Gasteiger partial charge in [-0.05, 0) is 31.6 Å². The molecule has 0 radical (unpaired) electrons. The molecule has 6 nitrogen and oxygen atoms in total. The number of benzene rings is 1. The van der Waals surface area contributed by atoms with Crippen molar-refractivity contribution in [2.75, 3.05) is 20.8 Å². The zero-order valence-corrected chi connectivity index (χ0v) is 13.9. The first-order chi connectivity index (χ1) is 11.0. The molecule has 0 aliphatic rings. The van der Waals surface area contributed by atoms with E-state index in [0.29, 0.717) is 17.1 Å². The Morgan fingerprint density at radius 3 is 2.61 bits per heavy atom. The van der Waals surface area contributed by atoms with Crippen LogP contribution in [0.5, 0.6) is 11.5 Å². The number of hydrogen-bond donors (Lipinski definition) is 1. The summed E-state index contributed by atoms with van der Waals surface area (Å²) < 4.78 is 15.2. The molecule has 0 aromatic heterocycles. The first kappa shape index (κ1) is 18.5. The van der Waals surface area contributed by atoms with Crippen molar-refractivity contribution >= 4 is 18.0 Å². The second-order valence-corrected chi connectivity index (χ2v) is 4.93. The van der Waals surface area contributed by atoms with E-state index in [-0.39, 0.29) is 18.6 Å². The average molecular weight is 321 g/mol. The van der Waals surface area contributed by atoms with Gasteiger partial charge in [-0.3, -0.25) is 4.79 Å². The fraction of sp³-hybridized carbons (Fsp3) is 0.412. The number of esters is 1. The van der Waals surface area contributed by atoms with Crippen LogP contribution in [-0.2, 0) is 14.3 Å². The molecule has 1 rings (SSSR count). The first-order valence-corrected chi connectivity index (χ1v) is 7.36. The molecule has 1 amide bonds. The van der Waals surface area contributed by atoms with Crippen molar-refractivity contribution in [3.8, 4) is 11.5 Å². The highest BCUT2D eigenvalue weighted by molar-refractivity contribution is 5.89. The number of amides is 1. The second kappa shape index (κ2) is 9.50. The van der Waals surface area contributed by atoms with Gasteiger partial charge in [0.2, 0.25) is 0 Å². The summed E-state index contributed by atoms with van der Waals surface area (Å²) in [7, 11) is 3.09. The monoisotopic (exact) mass is 321 g/mol. The molecule has 0 saturated carbocycles. The minimum atomic E-state index is -0.595. The van der Waals surface area contributed by atoms with Gasteiger partial charge < -0.3 is 19.5 Å². The van der Waals surface area contributed by atoms with Crippen LogP contribution in [0.4, 0.5) is 0 Å². The van der Waals surface area contributed by atoms with E-state index in [1.54, 1.807) is 31.4 Å². The van der Waals surface area contributed by atoms with Gasteiger partial charge in [-0.25, -0.2) is 4.79 Å². The summed E-state index contributed by atoms with van der Waals surface area (Å²) in [5.41, 5.74) is 0.703. The van der Waals surface area contributed by atoms with Crippen LogP contribution in [0.1, 0.15) is 25.8 Å². The molecule has 1 N–H and O–H groups in total. The molecule has 0 aliphatic heterocycles. The van der Waals surface area contributed by atoms with Crippen molar-refractivity contribution in [2.45, 2.75) is 26.3 Å². The van der Waals surface area contributed by atoms with Gasteiger partial charge in [0, 0.05) is 23.7 Å². The largest absolute Gasteiger partial charge is 0.497 e. The lowest BCUT2D eigenvalue weighted by Crippen LogP contribution is -2.35. The van der Waals surface area contributed by atoms with Crippen LogP contribution in [0.25, 0.3) is 6.08 Å². The third-order valence-electron chi connectivity index (χ3n) is 3.20. The smallest absolute Gasteiger partial charge is 0.331 e. The Bertz CT molecular complexity index is 568. The normalized spacial score (nSPS) is 11.8. The fourth-order valence-corrected chi connectivity index (χ4v) is 1.72. The molecule has 1 aromatic carbocycles. The first-order valence-electron chi connectivity index (χ1n) is 7.36. The number of ether oxygens (including phenoxy) is 3. The summed E-state index contributed by atoms with van der Waals surface area (Å²) in [6.07, 6.45) is 3.63. The van der Waals surface area contributed by atoms with Crippen molar-refractivity contribution < 1.29 is 23.8 Å². The van der Waals surface area contributed by atoms with Gasteiger partial charge in [-0.15, -0.1) is 0 Å². The number of carbonyl (C=O) groups excluding carboxylic acids is 2. The van der Waals surface area contributed by atoms with Crippen molar-refractivity contribution in [3.05, 3.63) is 29.8 Å². The standard InChI is InChI=1S/C17H23NO5/c1-5-12(2)18-16(19)11-23-17(20)9-7-13-6-8-14(21-3)10-15(13)22-4/h6-10,12H,5,11H2,1-4H3,(H,18,19)/b9-7+/t12-/m0/s1. The van der Waals surface area contributed by atoms with Crippen LogP contribution >= 0.6 is 0 Å². The third kappa shape index (κ3) is 6.42. The molecular formula is C17H23NO5. The van der Waals surface area contributed by atoms with Gasteiger partial charge in [0.05, 0.1) is 14.2 Å². The van der Waals surface area contributed by atoms with Gasteiger partial charge in [-0.1, -0.05) is 6.92 Å². The second-order valence-electron chi connectivity index (χ2n) is 4.93. The Morgan fingerprint density at radius 2 is 2.00 bits per heavy atom. The molecule has 0 fully saturated rings. The molecule has 0 heterocycles. The number of rotatable bonds is 8. The number of hydrogen-bond acceptors (Lipinski definition) is 5. The minimum absolute atomic E-state index is 0.0558. The summed E-state index contributed by atoms with van der Waals surface area (Å²) in [6.45, 7) is 3.55. The lowest BCUT2D eigenvalue weighted by Gasteiger charge is -2.10. The third-order valence-corrected chi connectivity index (χ3v) is 3.20. The van der Waals surface area contributed by atoms with Gasteiger partial charge in [0.25, 0.3) is 5.91 Å². The molecule has 0 unspecified atom stereocenters. The van der Waals surface area contributed by atoms with Crippen LogP contribution in [-0.4, -0.2) is 38.7 Å². The van der Waals surface area contributed by atoms with Gasteiger partial charge in [-0.2, -0.15) is 0 Å². The van der Waals surface area contributed by atoms with Crippen molar-refractivity contribution in [1.82, 2.24) is 5.32 Å². The Labute approximate surface area is 136 Å². The highest BCUT2D eigenvalue weighted by Crippen LogP contribution is 2.25. The van der Waals surface area contributed by atoms with Crippen molar-refractivity contribution in [2.24, 2.45) is 0 Å². The highest BCUT2D eigenvalue weighted by Gasteiger charge is 2.08. The molecule has 0 aliphatic carbocycles. The van der Waals surface area contributed by atoms with Crippen LogP contribution in [0.3, 0.4) is 0 Å². The Balaban J connectivity index is 2.57. The summed E-state index contributed by atoms with van der Waals surface area (Å²) in [5.74, 6) is 0.316. The Morgan fingerprint density at radius 1 is 1.26 bits per heavy atom. The maximum Gasteiger partial charge on any atom is 0.331 e. The number of methoxy groups -OCH3 is 2. The summed E-state index contributed by atoms with van der Waals surface area (Å²) >= 11 is 0. The predicted molar refractivity (Wildman–Crippen MR) is 87.4 cm³/mol. The fourth-order valence-electron chi connectivity index (χ4n) is 1.72. The topological polar surface area (TPSA) is 73.9 Å².